The Labute approximate surface area is 220 Å². The standard InChI is InChI=1S/C27H23F4N5O3/c1-17-14-34(11-12-35(17)26(38)39-16-18-5-3-2-4-6-18)25(37)23-15-36-24(32-23)21(27(29,30)31)13-22(33-36)19-7-9-20(28)10-8-19/h2-10,13,15,17H,11-12,14,16H2,1H3. The molecule has 1 aliphatic heterocycles. The number of piperazine rings is 1. The van der Waals surface area contributed by atoms with E-state index in [1.165, 1.54) is 21.9 Å². The van der Waals surface area contributed by atoms with Crippen molar-refractivity contribution in [3.63, 3.8) is 0 Å². The number of fused-ring (bicyclic) bond motifs is 1. The van der Waals surface area contributed by atoms with Crippen molar-refractivity contribution in [2.75, 3.05) is 19.6 Å². The zero-order valence-electron chi connectivity index (χ0n) is 20.7. The second-order valence-corrected chi connectivity index (χ2v) is 9.18. The predicted molar refractivity (Wildman–Crippen MR) is 132 cm³/mol. The van der Waals surface area contributed by atoms with Crippen molar-refractivity contribution in [2.24, 2.45) is 0 Å². The van der Waals surface area contributed by atoms with Crippen LogP contribution in [0.25, 0.3) is 16.9 Å². The molecule has 0 aliphatic carbocycles. The van der Waals surface area contributed by atoms with Gasteiger partial charge in [-0.1, -0.05) is 30.3 Å². The summed E-state index contributed by atoms with van der Waals surface area (Å²) in [7, 11) is 0. The van der Waals surface area contributed by atoms with Gasteiger partial charge in [0.2, 0.25) is 0 Å². The van der Waals surface area contributed by atoms with Gasteiger partial charge in [0, 0.05) is 31.2 Å². The van der Waals surface area contributed by atoms with E-state index in [0.29, 0.717) is 0 Å². The second-order valence-electron chi connectivity index (χ2n) is 9.18. The van der Waals surface area contributed by atoms with Crippen LogP contribution in [-0.2, 0) is 17.5 Å². The predicted octanol–water partition coefficient (Wildman–Crippen LogP) is 5.04. The molecule has 5 rings (SSSR count). The topological polar surface area (TPSA) is 80.0 Å². The summed E-state index contributed by atoms with van der Waals surface area (Å²) in [5.41, 5.74) is -0.745. The maximum atomic E-state index is 13.9. The summed E-state index contributed by atoms with van der Waals surface area (Å²) in [6, 6.07) is 14.5. The van der Waals surface area contributed by atoms with Crippen LogP contribution in [0.3, 0.4) is 0 Å². The van der Waals surface area contributed by atoms with Crippen LogP contribution < -0.4 is 0 Å². The van der Waals surface area contributed by atoms with Gasteiger partial charge in [-0.15, -0.1) is 0 Å². The lowest BCUT2D eigenvalue weighted by atomic mass is 10.1. The number of halogens is 4. The average molecular weight is 542 g/mol. The van der Waals surface area contributed by atoms with Gasteiger partial charge in [-0.05, 0) is 42.8 Å². The van der Waals surface area contributed by atoms with Crippen LogP contribution in [0.2, 0.25) is 0 Å². The van der Waals surface area contributed by atoms with Crippen LogP contribution in [0.15, 0.2) is 66.9 Å². The van der Waals surface area contributed by atoms with Crippen LogP contribution in [0, 0.1) is 5.82 Å². The Bertz CT molecular complexity index is 1510. The third kappa shape index (κ3) is 5.54. The van der Waals surface area contributed by atoms with Crippen LogP contribution in [0.1, 0.15) is 28.5 Å². The Morgan fingerprint density at radius 2 is 1.77 bits per heavy atom. The molecule has 1 aliphatic rings. The molecule has 39 heavy (non-hydrogen) atoms. The fourth-order valence-corrected chi connectivity index (χ4v) is 4.43. The normalized spacial score (nSPS) is 16.0. The summed E-state index contributed by atoms with van der Waals surface area (Å²) < 4.78 is 61.3. The van der Waals surface area contributed by atoms with E-state index in [1.807, 2.05) is 30.3 Å². The van der Waals surface area contributed by atoms with E-state index in [0.717, 1.165) is 34.5 Å². The van der Waals surface area contributed by atoms with Gasteiger partial charge in [-0.3, -0.25) is 4.79 Å². The number of carbonyl (C=O) groups excluding carboxylic acids is 2. The van der Waals surface area contributed by atoms with Gasteiger partial charge < -0.3 is 14.5 Å². The lowest BCUT2D eigenvalue weighted by Crippen LogP contribution is -2.55. The number of nitrogens with zero attached hydrogens (tertiary/aromatic N) is 5. The van der Waals surface area contributed by atoms with Crippen LogP contribution in [-0.4, -0.2) is 62.1 Å². The number of aromatic nitrogens is 3. The molecule has 2 aromatic heterocycles. The molecule has 0 saturated carbocycles. The number of rotatable bonds is 4. The van der Waals surface area contributed by atoms with Crippen LogP contribution in [0.4, 0.5) is 22.4 Å². The summed E-state index contributed by atoms with van der Waals surface area (Å²) in [6.45, 7) is 2.35. The van der Waals surface area contributed by atoms with Gasteiger partial charge in [-0.2, -0.15) is 18.3 Å². The number of alkyl halides is 3. The quantitative estimate of drug-likeness (QED) is 0.339. The molecule has 8 nitrogen and oxygen atoms in total. The number of amides is 2. The van der Waals surface area contributed by atoms with Gasteiger partial charge in [-0.25, -0.2) is 18.7 Å². The first-order valence-corrected chi connectivity index (χ1v) is 12.1. The van der Waals surface area contributed by atoms with Crippen molar-refractivity contribution in [2.45, 2.75) is 25.7 Å². The highest BCUT2D eigenvalue weighted by atomic mass is 19.4. The van der Waals surface area contributed by atoms with E-state index in [9.17, 15) is 27.2 Å². The third-order valence-corrected chi connectivity index (χ3v) is 6.44. The minimum absolute atomic E-state index is 0.0533. The number of hydrogen-bond acceptors (Lipinski definition) is 5. The maximum absolute atomic E-state index is 13.9. The summed E-state index contributed by atoms with van der Waals surface area (Å²) >= 11 is 0. The molecule has 2 aromatic carbocycles. The molecule has 4 aromatic rings. The monoisotopic (exact) mass is 541 g/mol. The number of ether oxygens (including phenoxy) is 1. The van der Waals surface area contributed by atoms with Crippen LogP contribution in [0.5, 0.6) is 0 Å². The summed E-state index contributed by atoms with van der Waals surface area (Å²) in [6.07, 6.45) is -4.14. The SMILES string of the molecule is CC1CN(C(=O)c2cn3nc(-c4ccc(F)cc4)cc(C(F)(F)F)c3n2)CCN1C(=O)OCc1ccccc1. The molecule has 0 bridgehead atoms. The minimum Gasteiger partial charge on any atom is -0.445 e. The fourth-order valence-electron chi connectivity index (χ4n) is 4.43. The number of carbonyl (C=O) groups is 2. The molecule has 1 atom stereocenters. The highest BCUT2D eigenvalue weighted by Gasteiger charge is 2.37. The van der Waals surface area contributed by atoms with Crippen molar-refractivity contribution >= 4 is 17.6 Å². The molecule has 1 unspecified atom stereocenters. The summed E-state index contributed by atoms with van der Waals surface area (Å²) in [4.78, 5) is 32.7. The molecule has 3 heterocycles. The van der Waals surface area contributed by atoms with Crippen molar-refractivity contribution in [1.29, 1.82) is 0 Å². The largest absolute Gasteiger partial charge is 0.445 e. The zero-order chi connectivity index (χ0) is 27.7. The van der Waals surface area contributed by atoms with E-state index in [2.05, 4.69) is 10.1 Å². The molecular weight excluding hydrogens is 518 g/mol. The first kappa shape index (κ1) is 26.1. The zero-order valence-corrected chi connectivity index (χ0v) is 20.7. The fraction of sp³-hybridized carbons (Fsp3) is 0.259. The second kappa shape index (κ2) is 10.4. The molecule has 0 N–H and O–H groups in total. The Morgan fingerprint density at radius 3 is 2.44 bits per heavy atom. The van der Waals surface area contributed by atoms with Crippen molar-refractivity contribution < 1.29 is 31.9 Å². The smallest absolute Gasteiger partial charge is 0.420 e. The van der Waals surface area contributed by atoms with Crippen molar-refractivity contribution in [3.05, 3.63) is 89.5 Å². The Hall–Kier alpha value is -4.48. The highest BCUT2D eigenvalue weighted by molar-refractivity contribution is 5.93. The third-order valence-electron chi connectivity index (χ3n) is 6.44. The number of hydrogen-bond donors (Lipinski definition) is 0. The van der Waals surface area contributed by atoms with Gasteiger partial charge in [0.1, 0.15) is 23.7 Å². The Balaban J connectivity index is 1.34. The molecule has 12 heteroatoms. The molecule has 2 amide bonds. The average Bonchev–Trinajstić information content (AvgIpc) is 3.35. The summed E-state index contributed by atoms with van der Waals surface area (Å²) in [5, 5.41) is 4.18. The number of benzene rings is 2. The van der Waals surface area contributed by atoms with Crippen molar-refractivity contribution in [3.8, 4) is 11.3 Å². The first-order chi connectivity index (χ1) is 18.6. The highest BCUT2D eigenvalue weighted by Crippen LogP contribution is 2.34. The first-order valence-electron chi connectivity index (χ1n) is 12.1. The molecular formula is C27H23F4N5O3. The number of imidazole rings is 1. The van der Waals surface area contributed by atoms with Gasteiger partial charge >= 0.3 is 12.3 Å². The van der Waals surface area contributed by atoms with Gasteiger partial charge in [0.15, 0.2) is 5.65 Å². The molecule has 0 spiro atoms. The maximum Gasteiger partial charge on any atom is 0.420 e. The lowest BCUT2D eigenvalue weighted by molar-refractivity contribution is -0.136. The Kier molecular flexibility index (Phi) is 6.94. The van der Waals surface area contributed by atoms with E-state index < -0.39 is 41.2 Å². The lowest BCUT2D eigenvalue weighted by Gasteiger charge is -2.38. The van der Waals surface area contributed by atoms with E-state index in [1.54, 1.807) is 6.92 Å². The molecule has 202 valence electrons. The summed E-state index contributed by atoms with van der Waals surface area (Å²) in [5.74, 6) is -1.12. The van der Waals surface area contributed by atoms with Gasteiger partial charge in [0.05, 0.1) is 11.9 Å². The minimum atomic E-state index is -4.77. The van der Waals surface area contributed by atoms with Crippen molar-refractivity contribution in [1.82, 2.24) is 24.4 Å². The van der Waals surface area contributed by atoms with E-state index in [4.69, 9.17) is 4.74 Å². The molecule has 1 saturated heterocycles. The molecule has 0 radical (unpaired) electrons. The Morgan fingerprint density at radius 1 is 1.05 bits per heavy atom. The van der Waals surface area contributed by atoms with Crippen LogP contribution >= 0.6 is 0 Å². The van der Waals surface area contributed by atoms with E-state index in [-0.39, 0.29) is 43.2 Å². The van der Waals surface area contributed by atoms with Gasteiger partial charge in [0.25, 0.3) is 5.91 Å². The van der Waals surface area contributed by atoms with E-state index >= 15 is 0 Å². The molecule has 1 fully saturated rings.